The molecule has 2 N–H and O–H groups in total. The zero-order valence-corrected chi connectivity index (χ0v) is 6.05. The molecule has 10 heavy (non-hydrogen) atoms. The van der Waals surface area contributed by atoms with Gasteiger partial charge in [-0.25, -0.2) is 0 Å². The number of nitrogens with one attached hydrogen (secondary N) is 1. The number of aliphatic carboxylic acids is 1. The van der Waals surface area contributed by atoms with E-state index < -0.39 is 12.0 Å². The van der Waals surface area contributed by atoms with Gasteiger partial charge in [0.2, 0.25) is 5.91 Å². The molecule has 58 valence electrons. The van der Waals surface area contributed by atoms with E-state index in [9.17, 15) is 9.59 Å². The molecule has 1 atom stereocenters. The van der Waals surface area contributed by atoms with E-state index in [1.807, 2.05) is 0 Å². The minimum atomic E-state index is -1.01. The van der Waals surface area contributed by atoms with Crippen LogP contribution in [0.3, 0.4) is 0 Å². The molecule has 0 aromatic rings. The smallest absolute Gasteiger partial charge is 0.325 e. The van der Waals surface area contributed by atoms with Gasteiger partial charge in [0.25, 0.3) is 0 Å². The van der Waals surface area contributed by atoms with Gasteiger partial charge in [-0.05, 0) is 6.92 Å². The minimum absolute atomic E-state index is 0.241. The average Bonchev–Trinajstić information content (AvgIpc) is 1.87. The number of amides is 1. The molecule has 0 radical (unpaired) electrons. The van der Waals surface area contributed by atoms with Gasteiger partial charge in [-0.2, -0.15) is 0 Å². The van der Waals surface area contributed by atoms with Crippen LogP contribution in [-0.4, -0.2) is 23.0 Å². The van der Waals surface area contributed by atoms with Crippen LogP contribution in [0.2, 0.25) is 0 Å². The van der Waals surface area contributed by atoms with Crippen LogP contribution in [0.25, 0.3) is 0 Å². The average molecular weight is 145 g/mol. The summed E-state index contributed by atoms with van der Waals surface area (Å²) in [5.74, 6) is -1.25. The lowest BCUT2D eigenvalue weighted by molar-refractivity contribution is -0.141. The van der Waals surface area contributed by atoms with Gasteiger partial charge in [0.1, 0.15) is 6.04 Å². The summed E-state index contributed by atoms with van der Waals surface area (Å²) in [5.41, 5.74) is 0. The van der Waals surface area contributed by atoms with Gasteiger partial charge in [-0.1, -0.05) is 6.92 Å². The first-order chi connectivity index (χ1) is 4.57. The summed E-state index contributed by atoms with van der Waals surface area (Å²) in [5, 5.41) is 10.6. The quantitative estimate of drug-likeness (QED) is 0.586. The molecule has 0 aliphatic rings. The van der Waals surface area contributed by atoms with Crippen molar-refractivity contribution in [1.82, 2.24) is 5.32 Å². The van der Waals surface area contributed by atoms with Crippen LogP contribution in [0.1, 0.15) is 20.3 Å². The molecule has 0 saturated carbocycles. The Labute approximate surface area is 59.2 Å². The van der Waals surface area contributed by atoms with Crippen molar-refractivity contribution in [1.29, 1.82) is 0 Å². The largest absolute Gasteiger partial charge is 0.480 e. The molecule has 0 aromatic carbocycles. The van der Waals surface area contributed by atoms with Crippen LogP contribution in [0.4, 0.5) is 0 Å². The first kappa shape index (κ1) is 8.94. The Hall–Kier alpha value is -1.06. The highest BCUT2D eigenvalue weighted by Crippen LogP contribution is 1.82. The maximum absolute atomic E-state index is 10.6. The molecule has 0 rings (SSSR count). The Morgan fingerprint density at radius 3 is 2.40 bits per heavy atom. The van der Waals surface area contributed by atoms with Gasteiger partial charge in [-0.3, -0.25) is 9.59 Å². The van der Waals surface area contributed by atoms with Crippen LogP contribution < -0.4 is 5.32 Å². The zero-order valence-electron chi connectivity index (χ0n) is 6.05. The van der Waals surface area contributed by atoms with Gasteiger partial charge in [0, 0.05) is 6.42 Å². The van der Waals surface area contributed by atoms with Crippen molar-refractivity contribution < 1.29 is 14.7 Å². The molecular formula is C6H11NO3. The van der Waals surface area contributed by atoms with Crippen molar-refractivity contribution in [3.05, 3.63) is 0 Å². The van der Waals surface area contributed by atoms with Crippen molar-refractivity contribution >= 4 is 11.9 Å². The molecule has 4 heteroatoms. The van der Waals surface area contributed by atoms with Gasteiger partial charge in [0.05, 0.1) is 0 Å². The number of hydrogen-bond donors (Lipinski definition) is 2. The Kier molecular flexibility index (Phi) is 3.46. The Morgan fingerprint density at radius 2 is 2.10 bits per heavy atom. The molecule has 0 aliphatic heterocycles. The minimum Gasteiger partial charge on any atom is -0.480 e. The standard InChI is InChI=1S/C6H11NO3/c1-3-5(8)7-4(2)6(9)10/h4H,3H2,1-2H3,(H,7,8)(H,9,10)/t4-/m0/s1. The number of rotatable bonds is 3. The second kappa shape index (κ2) is 3.87. The van der Waals surface area contributed by atoms with Crippen LogP contribution >= 0.6 is 0 Å². The van der Waals surface area contributed by atoms with Crippen molar-refractivity contribution in [2.24, 2.45) is 0 Å². The number of hydrogen-bond acceptors (Lipinski definition) is 2. The lowest BCUT2D eigenvalue weighted by Crippen LogP contribution is -2.37. The fraction of sp³-hybridized carbons (Fsp3) is 0.667. The van der Waals surface area contributed by atoms with Crippen LogP contribution in [0.5, 0.6) is 0 Å². The Bertz CT molecular complexity index is 144. The third kappa shape index (κ3) is 3.06. The van der Waals surface area contributed by atoms with E-state index in [0.29, 0.717) is 6.42 Å². The summed E-state index contributed by atoms with van der Waals surface area (Å²) < 4.78 is 0. The first-order valence-electron chi connectivity index (χ1n) is 3.10. The third-order valence-electron chi connectivity index (χ3n) is 1.07. The van der Waals surface area contributed by atoms with Gasteiger partial charge < -0.3 is 10.4 Å². The third-order valence-corrected chi connectivity index (χ3v) is 1.07. The molecular weight excluding hydrogens is 134 g/mol. The lowest BCUT2D eigenvalue weighted by Gasteiger charge is -2.06. The van der Waals surface area contributed by atoms with E-state index in [-0.39, 0.29) is 5.91 Å². The molecule has 0 aliphatic carbocycles. The highest BCUT2D eigenvalue weighted by Gasteiger charge is 2.11. The predicted molar refractivity (Wildman–Crippen MR) is 35.5 cm³/mol. The Morgan fingerprint density at radius 1 is 1.60 bits per heavy atom. The number of carboxylic acids is 1. The molecule has 4 nitrogen and oxygen atoms in total. The maximum Gasteiger partial charge on any atom is 0.325 e. The van der Waals surface area contributed by atoms with E-state index in [0.717, 1.165) is 0 Å². The van der Waals surface area contributed by atoms with Crippen molar-refractivity contribution in [3.63, 3.8) is 0 Å². The molecule has 0 fully saturated rings. The van der Waals surface area contributed by atoms with Gasteiger partial charge >= 0.3 is 5.97 Å². The normalized spacial score (nSPS) is 12.2. The SMILES string of the molecule is CCC(=O)N[C@@H](C)C(=O)O. The van der Waals surface area contributed by atoms with Gasteiger partial charge in [0.15, 0.2) is 0 Å². The van der Waals surface area contributed by atoms with E-state index >= 15 is 0 Å². The highest BCUT2D eigenvalue weighted by molar-refractivity contribution is 5.82. The molecule has 0 saturated heterocycles. The lowest BCUT2D eigenvalue weighted by atomic mass is 10.3. The molecule has 1 amide bonds. The zero-order chi connectivity index (χ0) is 8.15. The number of carbonyl (C=O) groups is 2. The summed E-state index contributed by atoms with van der Waals surface area (Å²) in [6.45, 7) is 3.10. The second-order valence-electron chi connectivity index (χ2n) is 1.98. The van der Waals surface area contributed by atoms with Crippen LogP contribution in [0, 0.1) is 0 Å². The summed E-state index contributed by atoms with van der Waals surface area (Å²) in [7, 11) is 0. The monoisotopic (exact) mass is 145 g/mol. The summed E-state index contributed by atoms with van der Waals surface area (Å²) in [6, 6.07) is -0.785. The van der Waals surface area contributed by atoms with Gasteiger partial charge in [-0.15, -0.1) is 0 Å². The van der Waals surface area contributed by atoms with Crippen molar-refractivity contribution in [3.8, 4) is 0 Å². The highest BCUT2D eigenvalue weighted by atomic mass is 16.4. The fourth-order valence-electron chi connectivity index (χ4n) is 0.405. The first-order valence-corrected chi connectivity index (χ1v) is 3.10. The number of carbonyl (C=O) groups excluding carboxylic acids is 1. The number of carboxylic acid groups (broad SMARTS) is 1. The summed E-state index contributed by atoms with van der Waals surface area (Å²) >= 11 is 0. The summed E-state index contributed by atoms with van der Waals surface area (Å²) in [6.07, 6.45) is 0.317. The molecule has 0 spiro atoms. The summed E-state index contributed by atoms with van der Waals surface area (Å²) in [4.78, 5) is 20.7. The Balaban J connectivity index is 3.68. The van der Waals surface area contributed by atoms with Crippen molar-refractivity contribution in [2.75, 3.05) is 0 Å². The fourth-order valence-corrected chi connectivity index (χ4v) is 0.405. The predicted octanol–water partition coefficient (Wildman–Crippen LogP) is -0.0143. The van der Waals surface area contributed by atoms with Crippen molar-refractivity contribution in [2.45, 2.75) is 26.3 Å². The topological polar surface area (TPSA) is 66.4 Å². The van der Waals surface area contributed by atoms with Crippen LogP contribution in [-0.2, 0) is 9.59 Å². The van der Waals surface area contributed by atoms with Crippen LogP contribution in [0.15, 0.2) is 0 Å². The van der Waals surface area contributed by atoms with E-state index in [1.54, 1.807) is 6.92 Å². The van der Waals surface area contributed by atoms with E-state index in [1.165, 1.54) is 6.92 Å². The molecule has 0 unspecified atom stereocenters. The molecule has 0 bridgehead atoms. The maximum atomic E-state index is 10.6. The second-order valence-corrected chi connectivity index (χ2v) is 1.98. The van der Waals surface area contributed by atoms with E-state index in [2.05, 4.69) is 5.32 Å². The molecule has 0 heterocycles. The van der Waals surface area contributed by atoms with E-state index in [4.69, 9.17) is 5.11 Å². The molecule has 0 aromatic heterocycles.